The van der Waals surface area contributed by atoms with Crippen LogP contribution in [0, 0.1) is 5.92 Å². The van der Waals surface area contributed by atoms with Gasteiger partial charge < -0.3 is 9.30 Å². The topological polar surface area (TPSA) is 39.9 Å². The minimum Gasteiger partial charge on any atom is -0.384 e. The lowest BCUT2D eigenvalue weighted by atomic mass is 10.1. The van der Waals surface area contributed by atoms with Crippen molar-refractivity contribution in [3.63, 3.8) is 0 Å². The van der Waals surface area contributed by atoms with Gasteiger partial charge in [0.05, 0.1) is 5.88 Å². The molecule has 0 amide bonds. The fourth-order valence-corrected chi connectivity index (χ4v) is 1.58. The zero-order valence-corrected chi connectivity index (χ0v) is 9.58. The zero-order valence-electron chi connectivity index (χ0n) is 8.83. The summed E-state index contributed by atoms with van der Waals surface area (Å²) in [5, 5.41) is 8.07. The van der Waals surface area contributed by atoms with E-state index in [4.69, 9.17) is 16.3 Å². The van der Waals surface area contributed by atoms with E-state index in [0.29, 0.717) is 11.8 Å². The molecule has 0 aromatic carbocycles. The lowest BCUT2D eigenvalue weighted by molar-refractivity contribution is 0.158. The summed E-state index contributed by atoms with van der Waals surface area (Å²) in [6.07, 6.45) is 0.869. The van der Waals surface area contributed by atoms with Crippen LogP contribution in [-0.4, -0.2) is 28.5 Å². The van der Waals surface area contributed by atoms with Gasteiger partial charge in [0.15, 0.2) is 0 Å². The average molecular weight is 218 g/mol. The van der Waals surface area contributed by atoms with Crippen molar-refractivity contribution in [1.29, 1.82) is 0 Å². The Morgan fingerprint density at radius 3 is 2.57 bits per heavy atom. The van der Waals surface area contributed by atoms with Gasteiger partial charge in [0.1, 0.15) is 11.6 Å². The van der Waals surface area contributed by atoms with Gasteiger partial charge in [-0.05, 0) is 5.92 Å². The van der Waals surface area contributed by atoms with Gasteiger partial charge in [-0.15, -0.1) is 21.8 Å². The molecule has 0 radical (unpaired) electrons. The van der Waals surface area contributed by atoms with E-state index in [1.54, 1.807) is 7.11 Å². The second-order valence-corrected chi connectivity index (χ2v) is 3.76. The first-order valence-electron chi connectivity index (χ1n) is 4.61. The van der Waals surface area contributed by atoms with E-state index >= 15 is 0 Å². The number of ether oxygens (including phenoxy) is 1. The molecular formula is C9H16ClN3O. The van der Waals surface area contributed by atoms with Crippen LogP contribution in [-0.2, 0) is 24.1 Å². The van der Waals surface area contributed by atoms with Crippen LogP contribution >= 0.6 is 11.6 Å². The molecule has 1 aromatic rings. The van der Waals surface area contributed by atoms with Crippen molar-refractivity contribution in [3.05, 3.63) is 11.6 Å². The van der Waals surface area contributed by atoms with Crippen molar-refractivity contribution >= 4 is 11.6 Å². The number of methoxy groups -OCH3 is 1. The molecule has 0 aliphatic rings. The van der Waals surface area contributed by atoms with Crippen LogP contribution in [0.15, 0.2) is 0 Å². The number of hydrogen-bond acceptors (Lipinski definition) is 3. The van der Waals surface area contributed by atoms with E-state index in [1.807, 2.05) is 11.6 Å². The van der Waals surface area contributed by atoms with Gasteiger partial charge in [0, 0.05) is 27.2 Å². The minimum absolute atomic E-state index is 0.405. The minimum atomic E-state index is 0.405. The monoisotopic (exact) mass is 217 g/mol. The molecule has 0 saturated heterocycles. The number of nitrogens with zero attached hydrogens (tertiary/aromatic N) is 3. The van der Waals surface area contributed by atoms with Crippen LogP contribution in [0.5, 0.6) is 0 Å². The van der Waals surface area contributed by atoms with Crippen LogP contribution in [0.25, 0.3) is 0 Å². The molecule has 0 aliphatic heterocycles. The molecule has 1 aromatic heterocycles. The highest BCUT2D eigenvalue weighted by molar-refractivity contribution is 6.16. The molecule has 0 N–H and O–H groups in total. The van der Waals surface area contributed by atoms with Gasteiger partial charge in [-0.3, -0.25) is 0 Å². The summed E-state index contributed by atoms with van der Waals surface area (Å²) in [6, 6.07) is 0. The Morgan fingerprint density at radius 2 is 2.07 bits per heavy atom. The summed E-state index contributed by atoms with van der Waals surface area (Å²) < 4.78 is 7.01. The largest absolute Gasteiger partial charge is 0.384 e. The van der Waals surface area contributed by atoms with E-state index in [1.165, 1.54) is 0 Å². The molecule has 0 spiro atoms. The molecule has 1 heterocycles. The molecule has 5 heteroatoms. The van der Waals surface area contributed by atoms with Crippen molar-refractivity contribution in [3.8, 4) is 0 Å². The highest BCUT2D eigenvalue weighted by Crippen LogP contribution is 2.08. The van der Waals surface area contributed by atoms with Gasteiger partial charge in [-0.2, -0.15) is 0 Å². The third kappa shape index (κ3) is 2.69. The highest BCUT2D eigenvalue weighted by Gasteiger charge is 2.11. The van der Waals surface area contributed by atoms with Gasteiger partial charge in [-0.25, -0.2) is 0 Å². The Morgan fingerprint density at radius 1 is 1.43 bits per heavy atom. The van der Waals surface area contributed by atoms with Gasteiger partial charge in [-0.1, -0.05) is 6.92 Å². The number of halogens is 1. The summed E-state index contributed by atoms with van der Waals surface area (Å²) >= 11 is 5.70. The van der Waals surface area contributed by atoms with Crippen LogP contribution in [0.2, 0.25) is 0 Å². The van der Waals surface area contributed by atoms with Crippen LogP contribution in [0.3, 0.4) is 0 Å². The lowest BCUT2D eigenvalue weighted by Gasteiger charge is -2.09. The first-order valence-corrected chi connectivity index (χ1v) is 5.14. The van der Waals surface area contributed by atoms with Crippen molar-refractivity contribution in [2.45, 2.75) is 19.2 Å². The first kappa shape index (κ1) is 11.5. The maximum absolute atomic E-state index is 5.70. The van der Waals surface area contributed by atoms with E-state index in [0.717, 1.165) is 24.7 Å². The molecule has 80 valence electrons. The van der Waals surface area contributed by atoms with Gasteiger partial charge in [0.25, 0.3) is 0 Å². The number of alkyl halides is 1. The average Bonchev–Trinajstić information content (AvgIpc) is 2.48. The SMILES string of the molecule is COCC(C)Cc1nnc(CCl)n1C. The fraction of sp³-hybridized carbons (Fsp3) is 0.778. The Bertz CT molecular complexity index is 288. The van der Waals surface area contributed by atoms with Crippen molar-refractivity contribution in [2.24, 2.45) is 13.0 Å². The van der Waals surface area contributed by atoms with Gasteiger partial charge in [0.2, 0.25) is 0 Å². The molecule has 4 nitrogen and oxygen atoms in total. The van der Waals surface area contributed by atoms with Crippen LogP contribution in [0.1, 0.15) is 18.6 Å². The van der Waals surface area contributed by atoms with Crippen molar-refractivity contribution in [2.75, 3.05) is 13.7 Å². The smallest absolute Gasteiger partial charge is 0.147 e. The Hall–Kier alpha value is -0.610. The standard InChI is InChI=1S/C9H16ClN3O/c1-7(6-14-3)4-8-11-12-9(5-10)13(8)2/h7H,4-6H2,1-3H3. The Kier molecular flexibility index (Phi) is 4.35. The number of rotatable bonds is 5. The molecule has 1 unspecified atom stereocenters. The summed E-state index contributed by atoms with van der Waals surface area (Å²) in [4.78, 5) is 0. The second-order valence-electron chi connectivity index (χ2n) is 3.49. The highest BCUT2D eigenvalue weighted by atomic mass is 35.5. The summed E-state index contributed by atoms with van der Waals surface area (Å²) in [6.45, 7) is 2.86. The van der Waals surface area contributed by atoms with E-state index < -0.39 is 0 Å². The predicted octanol–water partition coefficient (Wildman–Crippen LogP) is 1.38. The van der Waals surface area contributed by atoms with E-state index in [-0.39, 0.29) is 0 Å². The van der Waals surface area contributed by atoms with E-state index in [2.05, 4.69) is 17.1 Å². The molecule has 1 atom stereocenters. The number of hydrogen-bond donors (Lipinski definition) is 0. The van der Waals surface area contributed by atoms with Gasteiger partial charge >= 0.3 is 0 Å². The zero-order chi connectivity index (χ0) is 10.6. The first-order chi connectivity index (χ1) is 6.69. The maximum Gasteiger partial charge on any atom is 0.147 e. The van der Waals surface area contributed by atoms with Crippen LogP contribution < -0.4 is 0 Å². The quantitative estimate of drug-likeness (QED) is 0.700. The lowest BCUT2D eigenvalue weighted by Crippen LogP contribution is -2.11. The molecule has 1 rings (SSSR count). The fourth-order valence-electron chi connectivity index (χ4n) is 1.35. The maximum atomic E-state index is 5.70. The Labute approximate surface area is 89.2 Å². The Balaban J connectivity index is 2.62. The summed E-state index contributed by atoms with van der Waals surface area (Å²) in [7, 11) is 3.64. The van der Waals surface area contributed by atoms with Crippen molar-refractivity contribution in [1.82, 2.24) is 14.8 Å². The molecule has 0 saturated carbocycles. The summed E-state index contributed by atoms with van der Waals surface area (Å²) in [5.74, 6) is 2.63. The summed E-state index contributed by atoms with van der Waals surface area (Å²) in [5.41, 5.74) is 0. The second kappa shape index (κ2) is 5.32. The predicted molar refractivity (Wildman–Crippen MR) is 55.3 cm³/mol. The van der Waals surface area contributed by atoms with E-state index in [9.17, 15) is 0 Å². The molecule has 0 aliphatic carbocycles. The molecule has 14 heavy (non-hydrogen) atoms. The van der Waals surface area contributed by atoms with Crippen molar-refractivity contribution < 1.29 is 4.74 Å². The third-order valence-corrected chi connectivity index (χ3v) is 2.40. The number of aromatic nitrogens is 3. The van der Waals surface area contributed by atoms with Crippen LogP contribution in [0.4, 0.5) is 0 Å². The third-order valence-electron chi connectivity index (χ3n) is 2.16. The molecule has 0 fully saturated rings. The normalized spacial score (nSPS) is 13.1. The molecular weight excluding hydrogens is 202 g/mol. The molecule has 0 bridgehead atoms.